The standard InChI is InChI=1S/C6H9N3/c7-4-5-2-1-3-9-6(5)8/h2-4,6-7H,1,8H2. The Morgan fingerprint density at radius 1 is 1.89 bits per heavy atom. The summed E-state index contributed by atoms with van der Waals surface area (Å²) in [5, 5.41) is 6.88. The Hall–Kier alpha value is -0.960. The molecule has 3 heteroatoms. The van der Waals surface area contributed by atoms with Crippen LogP contribution in [0.2, 0.25) is 0 Å². The smallest absolute Gasteiger partial charge is 0.123 e. The van der Waals surface area contributed by atoms with Crippen molar-refractivity contribution in [2.75, 3.05) is 0 Å². The molecular weight excluding hydrogens is 114 g/mol. The van der Waals surface area contributed by atoms with Crippen molar-refractivity contribution in [2.24, 2.45) is 10.7 Å². The fourth-order valence-corrected chi connectivity index (χ4v) is 0.714. The van der Waals surface area contributed by atoms with Crippen molar-refractivity contribution >= 4 is 12.4 Å². The number of allylic oxidation sites excluding steroid dienone is 1. The molecule has 1 aliphatic heterocycles. The van der Waals surface area contributed by atoms with Gasteiger partial charge in [0.25, 0.3) is 0 Å². The summed E-state index contributed by atoms with van der Waals surface area (Å²) in [7, 11) is 0. The Morgan fingerprint density at radius 2 is 2.67 bits per heavy atom. The summed E-state index contributed by atoms with van der Waals surface area (Å²) >= 11 is 0. The van der Waals surface area contributed by atoms with Gasteiger partial charge in [-0.25, -0.2) is 0 Å². The molecule has 0 spiro atoms. The topological polar surface area (TPSA) is 62.2 Å². The van der Waals surface area contributed by atoms with Crippen LogP contribution < -0.4 is 5.73 Å². The van der Waals surface area contributed by atoms with E-state index in [0.29, 0.717) is 0 Å². The molecule has 0 aliphatic carbocycles. The number of dihydropyridines is 1. The third kappa shape index (κ3) is 1.23. The SMILES string of the molecule is N=CC1=CCC=NC1N. The summed E-state index contributed by atoms with van der Waals surface area (Å²) in [6, 6.07) is 0. The maximum Gasteiger partial charge on any atom is 0.123 e. The molecular formula is C6H9N3. The van der Waals surface area contributed by atoms with E-state index in [2.05, 4.69) is 4.99 Å². The highest BCUT2D eigenvalue weighted by atomic mass is 14.9. The summed E-state index contributed by atoms with van der Waals surface area (Å²) in [4.78, 5) is 3.92. The van der Waals surface area contributed by atoms with Crippen molar-refractivity contribution in [2.45, 2.75) is 12.6 Å². The van der Waals surface area contributed by atoms with Crippen LogP contribution in [0.15, 0.2) is 16.6 Å². The second-order valence-electron chi connectivity index (χ2n) is 1.86. The fourth-order valence-electron chi connectivity index (χ4n) is 0.714. The fraction of sp³-hybridized carbons (Fsp3) is 0.333. The minimum atomic E-state index is -0.295. The first-order chi connectivity index (χ1) is 4.34. The monoisotopic (exact) mass is 123 g/mol. The van der Waals surface area contributed by atoms with Crippen LogP contribution in [0.25, 0.3) is 0 Å². The summed E-state index contributed by atoms with van der Waals surface area (Å²) in [5.41, 5.74) is 6.28. The lowest BCUT2D eigenvalue weighted by Crippen LogP contribution is -2.22. The number of nitrogens with two attached hydrogens (primary N) is 1. The first-order valence-electron chi connectivity index (χ1n) is 2.82. The Labute approximate surface area is 53.8 Å². The van der Waals surface area contributed by atoms with Gasteiger partial charge in [-0.2, -0.15) is 0 Å². The zero-order chi connectivity index (χ0) is 6.69. The van der Waals surface area contributed by atoms with Gasteiger partial charge in [-0.3, -0.25) is 4.99 Å². The zero-order valence-corrected chi connectivity index (χ0v) is 5.04. The predicted octanol–water partition coefficient (Wildman–Crippen LogP) is 0.322. The van der Waals surface area contributed by atoms with Gasteiger partial charge in [0.05, 0.1) is 0 Å². The van der Waals surface area contributed by atoms with Crippen molar-refractivity contribution in [1.82, 2.24) is 0 Å². The second kappa shape index (κ2) is 2.55. The molecule has 0 aromatic rings. The van der Waals surface area contributed by atoms with E-state index in [9.17, 15) is 0 Å². The molecule has 0 aromatic carbocycles. The molecule has 1 aliphatic rings. The van der Waals surface area contributed by atoms with Crippen LogP contribution >= 0.6 is 0 Å². The van der Waals surface area contributed by atoms with Crippen molar-refractivity contribution in [1.29, 1.82) is 5.41 Å². The van der Waals surface area contributed by atoms with Gasteiger partial charge in [-0.1, -0.05) is 6.08 Å². The molecule has 1 rings (SSSR count). The molecule has 0 bridgehead atoms. The zero-order valence-electron chi connectivity index (χ0n) is 5.04. The molecule has 48 valence electrons. The normalized spacial score (nSPS) is 25.4. The number of nitrogens with zero attached hydrogens (tertiary/aromatic N) is 1. The maximum atomic E-state index is 6.88. The van der Waals surface area contributed by atoms with Crippen molar-refractivity contribution in [3.63, 3.8) is 0 Å². The minimum absolute atomic E-state index is 0.295. The van der Waals surface area contributed by atoms with E-state index in [1.54, 1.807) is 6.21 Å². The van der Waals surface area contributed by atoms with Gasteiger partial charge in [0.2, 0.25) is 0 Å². The van der Waals surface area contributed by atoms with Crippen LogP contribution in [0.1, 0.15) is 6.42 Å². The maximum absolute atomic E-state index is 6.88. The molecule has 1 atom stereocenters. The molecule has 0 saturated carbocycles. The van der Waals surface area contributed by atoms with Crippen molar-refractivity contribution < 1.29 is 0 Å². The van der Waals surface area contributed by atoms with Crippen LogP contribution in [0.4, 0.5) is 0 Å². The third-order valence-corrected chi connectivity index (χ3v) is 1.23. The van der Waals surface area contributed by atoms with Crippen LogP contribution in [0.3, 0.4) is 0 Å². The van der Waals surface area contributed by atoms with Crippen molar-refractivity contribution in [3.05, 3.63) is 11.6 Å². The van der Waals surface area contributed by atoms with Gasteiger partial charge in [0.15, 0.2) is 0 Å². The molecule has 3 nitrogen and oxygen atoms in total. The van der Waals surface area contributed by atoms with E-state index in [4.69, 9.17) is 11.1 Å². The number of rotatable bonds is 1. The molecule has 0 aromatic heterocycles. The molecule has 9 heavy (non-hydrogen) atoms. The molecule has 0 amide bonds. The second-order valence-corrected chi connectivity index (χ2v) is 1.86. The Kier molecular flexibility index (Phi) is 1.75. The van der Waals surface area contributed by atoms with Gasteiger partial charge < -0.3 is 11.1 Å². The van der Waals surface area contributed by atoms with Crippen LogP contribution in [-0.4, -0.2) is 18.6 Å². The Bertz CT molecular complexity index is 169. The summed E-state index contributed by atoms with van der Waals surface area (Å²) < 4.78 is 0. The average Bonchev–Trinajstić information content (AvgIpc) is 1.89. The lowest BCUT2D eigenvalue weighted by Gasteiger charge is -2.09. The molecule has 1 unspecified atom stereocenters. The van der Waals surface area contributed by atoms with Crippen molar-refractivity contribution in [3.8, 4) is 0 Å². The highest BCUT2D eigenvalue weighted by molar-refractivity contribution is 5.80. The van der Waals surface area contributed by atoms with Crippen LogP contribution in [0, 0.1) is 5.41 Å². The number of hydrogen-bond donors (Lipinski definition) is 2. The molecule has 0 fully saturated rings. The predicted molar refractivity (Wildman–Crippen MR) is 38.0 cm³/mol. The van der Waals surface area contributed by atoms with E-state index in [-0.39, 0.29) is 6.17 Å². The van der Waals surface area contributed by atoms with Crippen LogP contribution in [0.5, 0.6) is 0 Å². The Balaban J connectivity index is 2.70. The lowest BCUT2D eigenvalue weighted by molar-refractivity contribution is 0.841. The molecule has 0 radical (unpaired) electrons. The third-order valence-electron chi connectivity index (χ3n) is 1.23. The van der Waals surface area contributed by atoms with Crippen LogP contribution in [-0.2, 0) is 0 Å². The molecule has 1 heterocycles. The van der Waals surface area contributed by atoms with E-state index >= 15 is 0 Å². The number of nitrogens with one attached hydrogen (secondary N) is 1. The minimum Gasteiger partial charge on any atom is -0.308 e. The van der Waals surface area contributed by atoms with Gasteiger partial charge in [0, 0.05) is 24.4 Å². The number of aliphatic imine (C=N–C) groups is 1. The summed E-state index contributed by atoms with van der Waals surface area (Å²) in [5.74, 6) is 0. The molecule has 0 saturated heterocycles. The first-order valence-corrected chi connectivity index (χ1v) is 2.82. The van der Waals surface area contributed by atoms with E-state index in [1.165, 1.54) is 6.21 Å². The molecule has 3 N–H and O–H groups in total. The largest absolute Gasteiger partial charge is 0.308 e. The van der Waals surface area contributed by atoms with E-state index in [1.807, 2.05) is 6.08 Å². The Morgan fingerprint density at radius 3 is 3.11 bits per heavy atom. The van der Waals surface area contributed by atoms with Gasteiger partial charge in [-0.05, 0) is 0 Å². The quantitative estimate of drug-likeness (QED) is 0.485. The van der Waals surface area contributed by atoms with E-state index < -0.39 is 0 Å². The first kappa shape index (κ1) is 6.16. The summed E-state index contributed by atoms with van der Waals surface area (Å²) in [6.45, 7) is 0. The summed E-state index contributed by atoms with van der Waals surface area (Å²) in [6.07, 6.45) is 5.43. The van der Waals surface area contributed by atoms with Gasteiger partial charge >= 0.3 is 0 Å². The highest BCUT2D eigenvalue weighted by Gasteiger charge is 2.05. The van der Waals surface area contributed by atoms with Gasteiger partial charge in [0.1, 0.15) is 6.17 Å². The lowest BCUT2D eigenvalue weighted by atomic mass is 10.1. The number of hydrogen-bond acceptors (Lipinski definition) is 3. The van der Waals surface area contributed by atoms with Gasteiger partial charge in [-0.15, -0.1) is 0 Å². The van der Waals surface area contributed by atoms with E-state index in [0.717, 1.165) is 12.0 Å². The highest BCUT2D eigenvalue weighted by Crippen LogP contribution is 2.03. The average molecular weight is 123 g/mol.